The van der Waals surface area contributed by atoms with Crippen LogP contribution < -0.4 is 9.47 Å². The van der Waals surface area contributed by atoms with Crippen LogP contribution in [0.25, 0.3) is 0 Å². The van der Waals surface area contributed by atoms with Crippen LogP contribution >= 0.6 is 23.2 Å². The smallest absolute Gasteiger partial charge is 0.260 e. The van der Waals surface area contributed by atoms with Crippen LogP contribution in [0.15, 0.2) is 24.3 Å². The summed E-state index contributed by atoms with van der Waals surface area (Å²) in [6, 6.07) is 6.74. The van der Waals surface area contributed by atoms with E-state index in [2.05, 4.69) is 9.97 Å². The molecule has 0 aliphatic carbocycles. The zero-order valence-corrected chi connectivity index (χ0v) is 16.8. The number of ether oxygens (including phenoxy) is 2. The molecule has 1 saturated heterocycles. The van der Waals surface area contributed by atoms with Crippen molar-refractivity contribution in [1.29, 1.82) is 0 Å². The fourth-order valence-corrected chi connectivity index (χ4v) is 3.42. The van der Waals surface area contributed by atoms with Gasteiger partial charge in [0.1, 0.15) is 17.7 Å². The normalized spacial score (nSPS) is 14.9. The van der Waals surface area contributed by atoms with Crippen LogP contribution in [0.1, 0.15) is 24.4 Å². The molecule has 0 unspecified atom stereocenters. The van der Waals surface area contributed by atoms with Gasteiger partial charge in [0.15, 0.2) is 6.61 Å². The maximum atomic E-state index is 12.4. The van der Waals surface area contributed by atoms with Crippen molar-refractivity contribution >= 4 is 29.1 Å². The molecule has 2 aromatic rings. The van der Waals surface area contributed by atoms with E-state index in [4.69, 9.17) is 32.7 Å². The second-order valence-electron chi connectivity index (χ2n) is 6.46. The van der Waals surface area contributed by atoms with E-state index in [1.54, 1.807) is 23.1 Å². The lowest BCUT2D eigenvalue weighted by Gasteiger charge is -2.32. The Morgan fingerprint density at radius 2 is 1.93 bits per heavy atom. The van der Waals surface area contributed by atoms with Crippen LogP contribution in [0.4, 0.5) is 0 Å². The van der Waals surface area contributed by atoms with Crippen LogP contribution in [0.3, 0.4) is 0 Å². The first-order chi connectivity index (χ1) is 12.9. The summed E-state index contributed by atoms with van der Waals surface area (Å²) in [5.74, 6) is 1.65. The van der Waals surface area contributed by atoms with Gasteiger partial charge in [0.05, 0.1) is 5.02 Å². The summed E-state index contributed by atoms with van der Waals surface area (Å²) in [6.45, 7) is 4.93. The molecule has 0 spiro atoms. The van der Waals surface area contributed by atoms with Crippen molar-refractivity contribution in [2.24, 2.45) is 0 Å². The largest absolute Gasteiger partial charge is 0.482 e. The number of hydrogen-bond acceptors (Lipinski definition) is 5. The van der Waals surface area contributed by atoms with E-state index >= 15 is 0 Å². The van der Waals surface area contributed by atoms with Crippen molar-refractivity contribution in [1.82, 2.24) is 14.9 Å². The Kier molecular flexibility index (Phi) is 6.39. The van der Waals surface area contributed by atoms with E-state index in [1.165, 1.54) is 0 Å². The predicted octanol–water partition coefficient (Wildman–Crippen LogP) is 3.85. The highest BCUT2D eigenvalue weighted by Gasteiger charge is 2.24. The van der Waals surface area contributed by atoms with Gasteiger partial charge < -0.3 is 14.4 Å². The monoisotopic (exact) mass is 409 g/mol. The summed E-state index contributed by atoms with van der Waals surface area (Å²) in [5.41, 5.74) is 0.878. The maximum Gasteiger partial charge on any atom is 0.260 e. The molecule has 144 valence electrons. The molecule has 0 radical (unpaired) electrons. The first-order valence-electron chi connectivity index (χ1n) is 8.75. The molecule has 1 aliphatic heterocycles. The lowest BCUT2D eigenvalue weighted by Crippen LogP contribution is -2.43. The number of halogens is 2. The van der Waals surface area contributed by atoms with E-state index < -0.39 is 0 Å². The lowest BCUT2D eigenvalue weighted by atomic mass is 10.1. The van der Waals surface area contributed by atoms with Crippen LogP contribution in [0.5, 0.6) is 11.6 Å². The van der Waals surface area contributed by atoms with Gasteiger partial charge in [-0.05, 0) is 32.0 Å². The molecule has 0 N–H and O–H groups in total. The zero-order valence-electron chi connectivity index (χ0n) is 15.2. The van der Waals surface area contributed by atoms with Crippen molar-refractivity contribution in [3.8, 4) is 11.6 Å². The van der Waals surface area contributed by atoms with Gasteiger partial charge in [-0.3, -0.25) is 4.79 Å². The van der Waals surface area contributed by atoms with Crippen molar-refractivity contribution in [2.45, 2.75) is 32.8 Å². The van der Waals surface area contributed by atoms with Gasteiger partial charge in [0, 0.05) is 42.7 Å². The minimum atomic E-state index is -0.0757. The molecular formula is C19H21Cl2N3O3. The molecule has 1 aromatic heterocycles. The standard InChI is InChI=1S/C19H21Cl2N3O3/c1-12-9-18(23-13(2)22-12)27-15-5-7-24(8-6-15)19(25)11-26-17-4-3-14(20)10-16(17)21/h3-4,9-10,15H,5-8,11H2,1-2H3. The third-order valence-electron chi connectivity index (χ3n) is 4.27. The van der Waals surface area contributed by atoms with Crippen molar-refractivity contribution in [3.63, 3.8) is 0 Å². The van der Waals surface area contributed by atoms with E-state index in [0.717, 1.165) is 18.5 Å². The Labute approximate surface area is 168 Å². The Morgan fingerprint density at radius 3 is 2.59 bits per heavy atom. The van der Waals surface area contributed by atoms with E-state index in [9.17, 15) is 4.79 Å². The fraction of sp³-hybridized carbons (Fsp3) is 0.421. The quantitative estimate of drug-likeness (QED) is 0.749. The Balaban J connectivity index is 1.47. The molecule has 2 heterocycles. The highest BCUT2D eigenvalue weighted by Crippen LogP contribution is 2.27. The molecule has 1 fully saturated rings. The molecule has 27 heavy (non-hydrogen) atoms. The number of piperidine rings is 1. The van der Waals surface area contributed by atoms with Gasteiger partial charge in [0.2, 0.25) is 5.88 Å². The number of rotatable bonds is 5. The predicted molar refractivity (Wildman–Crippen MR) is 104 cm³/mol. The molecule has 8 heteroatoms. The third-order valence-corrected chi connectivity index (χ3v) is 4.80. The SMILES string of the molecule is Cc1cc(OC2CCN(C(=O)COc3ccc(Cl)cc3Cl)CC2)nc(C)n1. The van der Waals surface area contributed by atoms with Crippen LogP contribution in [-0.4, -0.2) is 46.6 Å². The first-order valence-corrected chi connectivity index (χ1v) is 9.51. The number of amides is 1. The highest BCUT2D eigenvalue weighted by atomic mass is 35.5. The Bertz CT molecular complexity index is 804. The number of nitrogens with zero attached hydrogens (tertiary/aromatic N) is 3. The summed E-state index contributed by atoms with van der Waals surface area (Å²) in [4.78, 5) is 22.7. The first kappa shape index (κ1) is 19.7. The number of benzene rings is 1. The third kappa shape index (κ3) is 5.47. The Morgan fingerprint density at radius 1 is 1.19 bits per heavy atom. The molecular weight excluding hydrogens is 389 g/mol. The number of carbonyl (C=O) groups excluding carboxylic acids is 1. The summed E-state index contributed by atoms with van der Waals surface area (Å²) in [6.07, 6.45) is 1.53. The number of aryl methyl sites for hydroxylation is 2. The van der Waals surface area contributed by atoms with E-state index in [1.807, 2.05) is 19.9 Å². The average molecular weight is 410 g/mol. The van der Waals surface area contributed by atoms with E-state index in [0.29, 0.717) is 40.6 Å². The molecule has 1 aromatic carbocycles. The summed E-state index contributed by atoms with van der Waals surface area (Å²) >= 11 is 11.9. The van der Waals surface area contributed by atoms with Gasteiger partial charge in [0.25, 0.3) is 5.91 Å². The van der Waals surface area contributed by atoms with E-state index in [-0.39, 0.29) is 18.6 Å². The number of aromatic nitrogens is 2. The molecule has 3 rings (SSSR count). The summed E-state index contributed by atoms with van der Waals surface area (Å²) < 4.78 is 11.5. The van der Waals surface area contributed by atoms with Crippen molar-refractivity contribution in [2.75, 3.05) is 19.7 Å². The molecule has 1 amide bonds. The molecule has 0 bridgehead atoms. The van der Waals surface area contributed by atoms with Crippen molar-refractivity contribution < 1.29 is 14.3 Å². The summed E-state index contributed by atoms with van der Waals surface area (Å²) in [7, 11) is 0. The topological polar surface area (TPSA) is 64.5 Å². The molecule has 0 saturated carbocycles. The number of hydrogen-bond donors (Lipinski definition) is 0. The van der Waals surface area contributed by atoms with Gasteiger partial charge in [-0.2, -0.15) is 4.98 Å². The number of likely N-dealkylation sites (tertiary alicyclic amines) is 1. The zero-order chi connectivity index (χ0) is 19.4. The average Bonchev–Trinajstić information content (AvgIpc) is 2.60. The van der Waals surface area contributed by atoms with Gasteiger partial charge in [-0.15, -0.1) is 0 Å². The van der Waals surface area contributed by atoms with Gasteiger partial charge in [-0.25, -0.2) is 4.98 Å². The lowest BCUT2D eigenvalue weighted by molar-refractivity contribution is -0.135. The second kappa shape index (κ2) is 8.76. The molecule has 1 aliphatic rings. The van der Waals surface area contributed by atoms with Gasteiger partial charge in [-0.1, -0.05) is 23.2 Å². The molecule has 0 atom stereocenters. The minimum absolute atomic E-state index is 0.0365. The molecule has 6 nitrogen and oxygen atoms in total. The van der Waals surface area contributed by atoms with Crippen LogP contribution in [-0.2, 0) is 4.79 Å². The second-order valence-corrected chi connectivity index (χ2v) is 7.30. The Hall–Kier alpha value is -2.05. The summed E-state index contributed by atoms with van der Waals surface area (Å²) in [5, 5.41) is 0.910. The maximum absolute atomic E-state index is 12.4. The van der Waals surface area contributed by atoms with Gasteiger partial charge >= 0.3 is 0 Å². The minimum Gasteiger partial charge on any atom is -0.482 e. The van der Waals surface area contributed by atoms with Crippen molar-refractivity contribution in [3.05, 3.63) is 45.8 Å². The van der Waals surface area contributed by atoms with Crippen LogP contribution in [0, 0.1) is 13.8 Å². The highest BCUT2D eigenvalue weighted by molar-refractivity contribution is 6.35. The number of carbonyl (C=O) groups is 1. The fourth-order valence-electron chi connectivity index (χ4n) is 2.96. The van der Waals surface area contributed by atoms with Crippen LogP contribution in [0.2, 0.25) is 10.0 Å².